The third-order valence-corrected chi connectivity index (χ3v) is 7.29. The van der Waals surface area contributed by atoms with Gasteiger partial charge in [0.1, 0.15) is 0 Å². The van der Waals surface area contributed by atoms with Crippen molar-refractivity contribution in [2.75, 3.05) is 57.3 Å². The second-order valence-corrected chi connectivity index (χ2v) is 9.01. The molecule has 0 aliphatic carbocycles. The molecule has 4 rings (SSSR count). The first-order chi connectivity index (χ1) is 12.7. The smallest absolute Gasteiger partial charge is 0.0661 e. The van der Waals surface area contributed by atoms with Gasteiger partial charge in [0.05, 0.1) is 18.0 Å². The number of hydrogen-bond acceptors (Lipinski definition) is 6. The summed E-state index contributed by atoms with van der Waals surface area (Å²) in [6.45, 7) is 7.52. The first-order valence-corrected chi connectivity index (χ1v) is 11.2. The molecule has 4 nitrogen and oxygen atoms in total. The van der Waals surface area contributed by atoms with Crippen LogP contribution < -0.4 is 4.90 Å². The molecule has 1 aromatic carbocycles. The Morgan fingerprint density at radius 3 is 2.41 bits per heavy atom. The lowest BCUT2D eigenvalue weighted by atomic mass is 10.2. The largest absolute Gasteiger partial charge is 0.395 e. The Morgan fingerprint density at radius 1 is 0.926 bits per heavy atom. The predicted octanol–water partition coefficient (Wildman–Crippen LogP) is 4.43. The molecular weight excluding hydrogens is 421 g/mol. The molecule has 1 saturated heterocycles. The number of fused-ring (bicyclic) bond motifs is 2. The first-order valence-electron chi connectivity index (χ1n) is 9.11. The van der Waals surface area contributed by atoms with Gasteiger partial charge in [-0.2, -0.15) is 0 Å². The number of anilines is 2. The Hall–Kier alpha value is -0.470. The van der Waals surface area contributed by atoms with Crippen LogP contribution in [0.3, 0.4) is 0 Å². The van der Waals surface area contributed by atoms with Gasteiger partial charge in [-0.15, -0.1) is 23.7 Å². The van der Waals surface area contributed by atoms with Gasteiger partial charge >= 0.3 is 0 Å². The first kappa shape index (κ1) is 21.2. The Labute approximate surface area is 180 Å². The predicted molar refractivity (Wildman–Crippen MR) is 119 cm³/mol. The lowest BCUT2D eigenvalue weighted by Gasteiger charge is -2.35. The zero-order chi connectivity index (χ0) is 17.9. The number of benzene rings is 1. The summed E-state index contributed by atoms with van der Waals surface area (Å²) in [5, 5.41) is 14.4. The molecule has 1 fully saturated rings. The van der Waals surface area contributed by atoms with Crippen molar-refractivity contribution in [3.8, 4) is 0 Å². The van der Waals surface area contributed by atoms with E-state index in [1.54, 1.807) is 11.3 Å². The van der Waals surface area contributed by atoms with Crippen LogP contribution in [0.5, 0.6) is 0 Å². The van der Waals surface area contributed by atoms with E-state index >= 15 is 0 Å². The van der Waals surface area contributed by atoms with Crippen LogP contribution in [-0.4, -0.2) is 67.3 Å². The summed E-state index contributed by atoms with van der Waals surface area (Å²) < 4.78 is 0. The molecule has 3 heterocycles. The minimum Gasteiger partial charge on any atom is -0.395 e. The highest BCUT2D eigenvalue weighted by molar-refractivity contribution is 7.99. The van der Waals surface area contributed by atoms with Crippen LogP contribution in [0.1, 0.15) is 6.42 Å². The standard InChI is InChI=1S/C19H24ClN3OS2.ClH/c20-15-2-3-18-16(12-15)23(17-13-25-14-19(17)26-18)5-1-4-21-6-8-22(9-7-21)10-11-24;/h2-3,12-14,24H,1,4-11H2;1H. The number of piperazine rings is 1. The molecule has 1 N–H and O–H groups in total. The third kappa shape index (κ3) is 4.93. The number of halogens is 2. The number of hydrogen-bond donors (Lipinski definition) is 1. The molecule has 0 radical (unpaired) electrons. The molecule has 27 heavy (non-hydrogen) atoms. The van der Waals surface area contributed by atoms with E-state index in [-0.39, 0.29) is 19.0 Å². The van der Waals surface area contributed by atoms with E-state index < -0.39 is 0 Å². The number of nitrogens with zero attached hydrogens (tertiary/aromatic N) is 3. The van der Waals surface area contributed by atoms with Crippen LogP contribution in [0, 0.1) is 0 Å². The van der Waals surface area contributed by atoms with Gasteiger partial charge in [-0.1, -0.05) is 23.4 Å². The number of aliphatic hydroxyl groups excluding tert-OH is 1. The van der Waals surface area contributed by atoms with Crippen LogP contribution in [0.2, 0.25) is 5.02 Å². The molecule has 2 aromatic rings. The Morgan fingerprint density at radius 2 is 1.67 bits per heavy atom. The molecule has 0 bridgehead atoms. The van der Waals surface area contributed by atoms with Gasteiger partial charge in [0.15, 0.2) is 0 Å². The molecular formula is C19H25Cl2N3OS2. The van der Waals surface area contributed by atoms with Crippen molar-refractivity contribution in [3.05, 3.63) is 34.0 Å². The molecule has 1 aromatic heterocycles. The third-order valence-electron chi connectivity index (χ3n) is 5.07. The van der Waals surface area contributed by atoms with Crippen LogP contribution in [0.15, 0.2) is 38.8 Å². The second-order valence-electron chi connectivity index (χ2n) is 6.75. The van der Waals surface area contributed by atoms with Crippen molar-refractivity contribution in [2.24, 2.45) is 0 Å². The van der Waals surface area contributed by atoms with Crippen molar-refractivity contribution in [2.45, 2.75) is 16.2 Å². The van der Waals surface area contributed by atoms with Gasteiger partial charge in [0, 0.05) is 64.8 Å². The van der Waals surface area contributed by atoms with Gasteiger partial charge in [-0.3, -0.25) is 4.90 Å². The van der Waals surface area contributed by atoms with Gasteiger partial charge in [-0.25, -0.2) is 0 Å². The molecule has 0 unspecified atom stereocenters. The summed E-state index contributed by atoms with van der Waals surface area (Å²) in [5.41, 5.74) is 2.56. The van der Waals surface area contributed by atoms with E-state index in [2.05, 4.69) is 37.6 Å². The van der Waals surface area contributed by atoms with E-state index in [4.69, 9.17) is 16.7 Å². The summed E-state index contributed by atoms with van der Waals surface area (Å²) in [7, 11) is 0. The van der Waals surface area contributed by atoms with E-state index in [0.717, 1.165) is 57.3 Å². The van der Waals surface area contributed by atoms with Crippen molar-refractivity contribution >= 4 is 58.5 Å². The van der Waals surface area contributed by atoms with Crippen molar-refractivity contribution in [1.29, 1.82) is 0 Å². The zero-order valence-corrected chi connectivity index (χ0v) is 18.3. The van der Waals surface area contributed by atoms with E-state index in [0.29, 0.717) is 0 Å². The number of β-amino-alcohol motifs (C(OH)–C–C–N with tert-alkyl or cyclic N) is 1. The highest BCUT2D eigenvalue weighted by Crippen LogP contribution is 2.50. The topological polar surface area (TPSA) is 30.0 Å². The lowest BCUT2D eigenvalue weighted by Crippen LogP contribution is -2.47. The monoisotopic (exact) mass is 445 g/mol. The summed E-state index contributed by atoms with van der Waals surface area (Å²) >= 11 is 9.88. The summed E-state index contributed by atoms with van der Waals surface area (Å²) in [4.78, 5) is 9.96. The Kier molecular flexibility index (Phi) is 7.74. The van der Waals surface area contributed by atoms with Crippen molar-refractivity contribution in [1.82, 2.24) is 9.80 Å². The fourth-order valence-corrected chi connectivity index (χ4v) is 5.87. The second kappa shape index (κ2) is 9.83. The zero-order valence-electron chi connectivity index (χ0n) is 15.1. The minimum absolute atomic E-state index is 0. The number of aliphatic hydroxyl groups is 1. The maximum Gasteiger partial charge on any atom is 0.0661 e. The quantitative estimate of drug-likeness (QED) is 0.710. The van der Waals surface area contributed by atoms with Crippen LogP contribution >= 0.6 is 47.1 Å². The molecule has 0 atom stereocenters. The van der Waals surface area contributed by atoms with Gasteiger partial charge < -0.3 is 14.9 Å². The van der Waals surface area contributed by atoms with Gasteiger partial charge in [0.2, 0.25) is 0 Å². The maximum atomic E-state index is 9.06. The van der Waals surface area contributed by atoms with Crippen molar-refractivity contribution < 1.29 is 5.11 Å². The SMILES string of the molecule is Cl.OCCN1CCN(CCCN2c3cscc3Sc3ccc(Cl)cc32)CC1. The summed E-state index contributed by atoms with van der Waals surface area (Å²) in [5.74, 6) is 0. The molecule has 8 heteroatoms. The summed E-state index contributed by atoms with van der Waals surface area (Å²) in [6.07, 6.45) is 1.13. The molecule has 2 aliphatic heterocycles. The minimum atomic E-state index is 0. The molecule has 0 saturated carbocycles. The van der Waals surface area contributed by atoms with Crippen molar-refractivity contribution in [3.63, 3.8) is 0 Å². The normalized spacial score (nSPS) is 17.3. The average Bonchev–Trinajstić information content (AvgIpc) is 3.11. The Bertz CT molecular complexity index is 750. The average molecular weight is 446 g/mol. The highest BCUT2D eigenvalue weighted by Gasteiger charge is 2.24. The molecule has 0 amide bonds. The molecule has 148 valence electrons. The van der Waals surface area contributed by atoms with Gasteiger partial charge in [0.25, 0.3) is 0 Å². The molecule has 0 spiro atoms. The lowest BCUT2D eigenvalue weighted by molar-refractivity contribution is 0.112. The molecule has 2 aliphatic rings. The number of rotatable bonds is 6. The van der Waals surface area contributed by atoms with E-state index in [1.807, 2.05) is 17.8 Å². The van der Waals surface area contributed by atoms with Gasteiger partial charge in [-0.05, 0) is 31.2 Å². The van der Waals surface area contributed by atoms with Crippen LogP contribution in [0.25, 0.3) is 0 Å². The maximum absolute atomic E-state index is 9.06. The van der Waals surface area contributed by atoms with E-state index in [9.17, 15) is 0 Å². The van der Waals surface area contributed by atoms with Crippen LogP contribution in [-0.2, 0) is 0 Å². The van der Waals surface area contributed by atoms with E-state index in [1.165, 1.54) is 21.2 Å². The number of thiophene rings is 1. The fraction of sp³-hybridized carbons (Fsp3) is 0.474. The summed E-state index contributed by atoms with van der Waals surface area (Å²) in [6, 6.07) is 6.21. The fourth-order valence-electron chi connectivity index (χ4n) is 3.66. The highest BCUT2D eigenvalue weighted by atomic mass is 35.5. The van der Waals surface area contributed by atoms with Crippen LogP contribution in [0.4, 0.5) is 11.4 Å². The Balaban J connectivity index is 0.00000210.